The van der Waals surface area contributed by atoms with Gasteiger partial charge in [-0.15, -0.1) is 0 Å². The van der Waals surface area contributed by atoms with Gasteiger partial charge < -0.3 is 20.5 Å². The van der Waals surface area contributed by atoms with Gasteiger partial charge in [0.25, 0.3) is 0 Å². The second-order valence-corrected chi connectivity index (χ2v) is 10.1. The highest BCUT2D eigenvalue weighted by molar-refractivity contribution is 5.79. The molecule has 7 nitrogen and oxygen atoms in total. The molecule has 0 aliphatic heterocycles. The van der Waals surface area contributed by atoms with Gasteiger partial charge in [-0.25, -0.2) is 4.79 Å². The van der Waals surface area contributed by atoms with Crippen molar-refractivity contribution in [3.05, 3.63) is 59.7 Å². The van der Waals surface area contributed by atoms with Crippen molar-refractivity contribution in [1.29, 1.82) is 0 Å². The van der Waals surface area contributed by atoms with E-state index in [1.54, 1.807) is 0 Å². The quantitative estimate of drug-likeness (QED) is 0.527. The summed E-state index contributed by atoms with van der Waals surface area (Å²) in [6.45, 7) is 0.677. The summed E-state index contributed by atoms with van der Waals surface area (Å²) in [7, 11) is 0. The number of nitrogens with one attached hydrogen (secondary N) is 2. The molecule has 0 bridgehead atoms. The number of benzene rings is 2. The topological polar surface area (TPSA) is 105 Å². The van der Waals surface area contributed by atoms with Gasteiger partial charge in [0, 0.05) is 24.9 Å². The van der Waals surface area contributed by atoms with Crippen LogP contribution in [0.1, 0.15) is 55.6 Å². The maximum absolute atomic E-state index is 12.8. The summed E-state index contributed by atoms with van der Waals surface area (Å²) in [6, 6.07) is 16.4. The van der Waals surface area contributed by atoms with E-state index in [-0.39, 0.29) is 42.2 Å². The number of carboxylic acids is 1. The second-order valence-electron chi connectivity index (χ2n) is 10.1. The zero-order chi connectivity index (χ0) is 24.4. The smallest absolute Gasteiger partial charge is 0.407 e. The van der Waals surface area contributed by atoms with Crippen molar-refractivity contribution in [2.24, 2.45) is 17.8 Å². The summed E-state index contributed by atoms with van der Waals surface area (Å²) in [5.74, 6) is -1.08. The molecule has 4 atom stereocenters. The first-order chi connectivity index (χ1) is 17.0. The summed E-state index contributed by atoms with van der Waals surface area (Å²) in [5, 5.41) is 14.9. The van der Waals surface area contributed by atoms with Gasteiger partial charge in [0.2, 0.25) is 5.91 Å². The molecule has 2 aromatic carbocycles. The Balaban J connectivity index is 1.13. The number of hydrogen-bond donors (Lipinski definition) is 3. The number of alkyl carbamates (subject to hydrolysis) is 1. The van der Waals surface area contributed by atoms with E-state index in [1.165, 1.54) is 22.3 Å². The van der Waals surface area contributed by atoms with Gasteiger partial charge in [-0.1, -0.05) is 61.4 Å². The van der Waals surface area contributed by atoms with Crippen LogP contribution in [-0.4, -0.2) is 42.3 Å². The van der Waals surface area contributed by atoms with Gasteiger partial charge in [0.05, 0.1) is 5.92 Å². The maximum atomic E-state index is 12.8. The fraction of sp³-hybridized carbons (Fsp3) is 0.464. The van der Waals surface area contributed by atoms with E-state index in [1.807, 2.05) is 24.3 Å². The minimum Gasteiger partial charge on any atom is -0.481 e. The van der Waals surface area contributed by atoms with Crippen molar-refractivity contribution >= 4 is 18.0 Å². The van der Waals surface area contributed by atoms with Crippen LogP contribution in [0.5, 0.6) is 0 Å². The van der Waals surface area contributed by atoms with E-state index < -0.39 is 12.1 Å². The largest absolute Gasteiger partial charge is 0.481 e. The number of carboxylic acid groups (broad SMARTS) is 1. The molecule has 7 heteroatoms. The lowest BCUT2D eigenvalue weighted by molar-refractivity contribution is -0.139. The molecule has 0 aromatic heterocycles. The number of carbonyl (C=O) groups excluding carboxylic acids is 2. The summed E-state index contributed by atoms with van der Waals surface area (Å²) in [4.78, 5) is 36.2. The van der Waals surface area contributed by atoms with Gasteiger partial charge in [-0.2, -0.15) is 0 Å². The number of rotatable bonds is 8. The van der Waals surface area contributed by atoms with Crippen molar-refractivity contribution in [2.75, 3.05) is 13.2 Å². The lowest BCUT2D eigenvalue weighted by Gasteiger charge is -2.31. The molecular weight excluding hydrogens is 444 g/mol. The molecular formula is C28H32N2O5. The highest BCUT2D eigenvalue weighted by Gasteiger charge is 2.43. The van der Waals surface area contributed by atoms with Crippen molar-refractivity contribution in [1.82, 2.24) is 10.6 Å². The number of hydrogen-bond acceptors (Lipinski definition) is 4. The molecule has 0 saturated heterocycles. The van der Waals surface area contributed by atoms with Crippen LogP contribution in [0.3, 0.4) is 0 Å². The van der Waals surface area contributed by atoms with E-state index in [9.17, 15) is 14.4 Å². The Bertz CT molecular complexity index is 1070. The van der Waals surface area contributed by atoms with Crippen LogP contribution in [0.2, 0.25) is 0 Å². The lowest BCUT2D eigenvalue weighted by Crippen LogP contribution is -2.44. The molecule has 3 N–H and O–H groups in total. The first kappa shape index (κ1) is 23.4. The standard InChI is InChI=1S/C28H32N2O5/c31-26(29-15-18-13-23(18)27(32)33)14-17-7-1-6-12-25(17)30-28(34)35-16-24-21-10-4-2-8-19(21)20-9-3-5-11-22(20)24/h2-5,8-11,17-18,23-25H,1,6-7,12-16H2,(H,29,31)(H,30,34)(H,32,33)/t17-,18+,23+,25-/m1/s1. The SMILES string of the molecule is O=C(C[C@H]1CCCC[C@H]1NC(=O)OCC1c2ccccc2-c2ccccc21)NC[C@@H]1C[C@@H]1C(=O)O. The molecule has 184 valence electrons. The zero-order valence-electron chi connectivity index (χ0n) is 19.7. The number of fused-ring (bicyclic) bond motifs is 3. The summed E-state index contributed by atoms with van der Waals surface area (Å²) < 4.78 is 5.71. The van der Waals surface area contributed by atoms with Gasteiger partial charge in [0.1, 0.15) is 6.61 Å². The van der Waals surface area contributed by atoms with Gasteiger partial charge in [0.15, 0.2) is 0 Å². The molecule has 0 spiro atoms. The molecule has 3 aliphatic carbocycles. The fourth-order valence-electron chi connectivity index (χ4n) is 5.76. The summed E-state index contributed by atoms with van der Waals surface area (Å²) in [5.41, 5.74) is 4.73. The van der Waals surface area contributed by atoms with Crippen LogP contribution < -0.4 is 10.6 Å². The van der Waals surface area contributed by atoms with Crippen molar-refractivity contribution in [3.63, 3.8) is 0 Å². The average molecular weight is 477 g/mol. The van der Waals surface area contributed by atoms with Gasteiger partial charge in [-0.3, -0.25) is 9.59 Å². The van der Waals surface area contributed by atoms with Crippen LogP contribution in [0, 0.1) is 17.8 Å². The van der Waals surface area contributed by atoms with E-state index in [4.69, 9.17) is 9.84 Å². The average Bonchev–Trinajstić information content (AvgIpc) is 3.58. The molecule has 0 radical (unpaired) electrons. The molecule has 0 heterocycles. The molecule has 0 unspecified atom stereocenters. The minimum absolute atomic E-state index is 0.0122. The predicted molar refractivity (Wildman–Crippen MR) is 131 cm³/mol. The van der Waals surface area contributed by atoms with E-state index in [0.717, 1.165) is 25.7 Å². The maximum Gasteiger partial charge on any atom is 0.407 e. The van der Waals surface area contributed by atoms with Crippen LogP contribution in [-0.2, 0) is 14.3 Å². The summed E-state index contributed by atoms with van der Waals surface area (Å²) in [6.07, 6.45) is 4.27. The third-order valence-corrected chi connectivity index (χ3v) is 7.80. The minimum atomic E-state index is -0.788. The molecule has 2 aromatic rings. The van der Waals surface area contributed by atoms with Crippen LogP contribution in [0.25, 0.3) is 11.1 Å². The van der Waals surface area contributed by atoms with Gasteiger partial charge >= 0.3 is 12.1 Å². The number of ether oxygens (including phenoxy) is 1. The van der Waals surface area contributed by atoms with Crippen molar-refractivity contribution in [3.8, 4) is 11.1 Å². The Morgan fingerprint density at radius 1 is 0.914 bits per heavy atom. The van der Waals surface area contributed by atoms with E-state index >= 15 is 0 Å². The second kappa shape index (κ2) is 10.1. The van der Waals surface area contributed by atoms with Gasteiger partial charge in [-0.05, 0) is 53.4 Å². The number of carbonyl (C=O) groups is 3. The molecule has 35 heavy (non-hydrogen) atoms. The van der Waals surface area contributed by atoms with E-state index in [2.05, 4.69) is 34.9 Å². The predicted octanol–water partition coefficient (Wildman–Crippen LogP) is 4.31. The fourth-order valence-corrected chi connectivity index (χ4v) is 5.76. The Hall–Kier alpha value is -3.35. The Morgan fingerprint density at radius 3 is 2.23 bits per heavy atom. The highest BCUT2D eigenvalue weighted by Crippen LogP contribution is 2.44. The van der Waals surface area contributed by atoms with Crippen molar-refractivity contribution in [2.45, 2.75) is 50.5 Å². The third kappa shape index (κ3) is 5.19. The molecule has 2 amide bonds. The lowest BCUT2D eigenvalue weighted by atomic mass is 9.82. The number of aliphatic carboxylic acids is 1. The zero-order valence-corrected chi connectivity index (χ0v) is 19.7. The molecule has 3 aliphatic rings. The normalized spacial score (nSPS) is 24.7. The number of amides is 2. The molecule has 2 saturated carbocycles. The highest BCUT2D eigenvalue weighted by atomic mass is 16.5. The van der Waals surface area contributed by atoms with Crippen molar-refractivity contribution < 1.29 is 24.2 Å². The Kier molecular flexibility index (Phi) is 6.75. The first-order valence-corrected chi connectivity index (χ1v) is 12.6. The van der Waals surface area contributed by atoms with Crippen LogP contribution in [0.4, 0.5) is 4.79 Å². The monoisotopic (exact) mass is 476 g/mol. The summed E-state index contributed by atoms with van der Waals surface area (Å²) >= 11 is 0. The Morgan fingerprint density at radius 2 is 1.57 bits per heavy atom. The Labute approximate surface area is 205 Å². The van der Waals surface area contributed by atoms with Crippen LogP contribution >= 0.6 is 0 Å². The molecule has 2 fully saturated rings. The first-order valence-electron chi connectivity index (χ1n) is 12.6. The third-order valence-electron chi connectivity index (χ3n) is 7.80. The van der Waals surface area contributed by atoms with Crippen LogP contribution in [0.15, 0.2) is 48.5 Å². The molecule has 5 rings (SSSR count). The van der Waals surface area contributed by atoms with E-state index in [0.29, 0.717) is 19.4 Å².